The summed E-state index contributed by atoms with van der Waals surface area (Å²) >= 11 is 9.39. The number of hydrogen-bond acceptors (Lipinski definition) is 28. The molecule has 9 heterocycles. The van der Waals surface area contributed by atoms with Crippen molar-refractivity contribution < 1.29 is 13.2 Å². The molecule has 9 aromatic carbocycles. The number of likely N-dealkylation sites (N-methyl/N-ethyl adjacent to an activating group) is 1. The maximum Gasteiger partial charge on any atom is 0.405 e. The lowest BCUT2D eigenvalue weighted by Gasteiger charge is -2.13. The van der Waals surface area contributed by atoms with Crippen molar-refractivity contribution in [1.82, 2.24) is 95.8 Å². The Bertz CT molecular complexity index is 8360. The molecule has 0 unspecified atom stereocenters. The third-order valence-corrected chi connectivity index (χ3v) is 24.4. The van der Waals surface area contributed by atoms with E-state index in [0.717, 1.165) is 116 Å². The largest absolute Gasteiger partial charge is 0.405 e. The molecule has 0 spiro atoms. The molecule has 0 amide bonds. The Balaban J connectivity index is 0.000000147. The van der Waals surface area contributed by atoms with Crippen molar-refractivity contribution in [2.45, 2.75) is 51.2 Å². The zero-order chi connectivity index (χ0) is 107. The van der Waals surface area contributed by atoms with Gasteiger partial charge in [-0.2, -0.15) is 13.2 Å². The average Bonchev–Trinajstić information content (AvgIpc) is 1.09. The summed E-state index contributed by atoms with van der Waals surface area (Å²) in [6, 6.07) is 45.6. The highest BCUT2D eigenvalue weighted by atomic mass is 79.9. The van der Waals surface area contributed by atoms with Gasteiger partial charge in [-0.05, 0) is 214 Å². The highest BCUT2D eigenvalue weighted by molar-refractivity contribution is 9.10. The van der Waals surface area contributed by atoms with Gasteiger partial charge in [0.25, 0.3) is 50.0 Å². The Hall–Kier alpha value is -16.4. The van der Waals surface area contributed by atoms with E-state index in [4.69, 9.17) is 17.0 Å². The number of anilines is 8. The highest BCUT2D eigenvalue weighted by Gasteiger charge is 2.27. The van der Waals surface area contributed by atoms with Crippen LogP contribution in [0.15, 0.2) is 256 Å². The molecule has 0 saturated heterocycles. The highest BCUT2D eigenvalue weighted by Crippen LogP contribution is 2.32. The molecule has 2 fully saturated rings. The fourth-order valence-electron chi connectivity index (χ4n) is 14.5. The summed E-state index contributed by atoms with van der Waals surface area (Å²) in [5.41, 5.74) is 13.5. The normalized spacial score (nSPS) is 11.8. The predicted octanol–water partition coefficient (Wildman–Crippen LogP) is 13.0. The van der Waals surface area contributed by atoms with E-state index in [0.29, 0.717) is 87.4 Å². The summed E-state index contributed by atoms with van der Waals surface area (Å²) in [7, 11) is 30.3. The van der Waals surface area contributed by atoms with Crippen LogP contribution in [0, 0.1) is 11.3 Å². The first kappa shape index (κ1) is 109. The van der Waals surface area contributed by atoms with Gasteiger partial charge in [-0.3, -0.25) is 48.6 Å². The van der Waals surface area contributed by atoms with Gasteiger partial charge >= 0.3 is 6.18 Å². The van der Waals surface area contributed by atoms with Gasteiger partial charge in [-0.1, -0.05) is 24.6 Å². The summed E-state index contributed by atoms with van der Waals surface area (Å²) in [4.78, 5) is 149. The molecule has 18 aromatic rings. The third-order valence-electron chi connectivity index (χ3n) is 23.4. The van der Waals surface area contributed by atoms with Crippen LogP contribution in [0.3, 0.4) is 0 Å². The zero-order valence-corrected chi connectivity index (χ0v) is 87.2. The average molecular weight is 2090 g/mol. The number of aromatic nitrogens is 18. The number of nitrogens with zero attached hydrogens (tertiary/aromatic N) is 21. The molecule has 8 N–H and O–H groups in total. The monoisotopic (exact) mass is 2090 g/mol. The summed E-state index contributed by atoms with van der Waals surface area (Å²) in [6.07, 6.45) is 15.6. The van der Waals surface area contributed by atoms with E-state index in [2.05, 4.69) is 110 Å². The van der Waals surface area contributed by atoms with Crippen LogP contribution in [0.25, 0.3) is 98.1 Å². The number of fused-ring (bicyclic) bond motifs is 9. The number of hydrogen-bond donors (Lipinski definition) is 8. The van der Waals surface area contributed by atoms with E-state index in [9.17, 15) is 56.3 Å². The molecule has 2 saturated carbocycles. The number of benzene rings is 9. The Morgan fingerprint density at radius 3 is 1.03 bits per heavy atom. The number of alkyl halides is 3. The predicted molar refractivity (Wildman–Crippen MR) is 588 cm³/mol. The molecule has 0 atom stereocenters. The minimum absolute atomic E-state index is 0.00275. The Kier molecular flexibility index (Phi) is 36.7. The second-order valence-corrected chi connectivity index (χ2v) is 37.0. The zero-order valence-electron chi connectivity index (χ0n) is 84.8. The lowest BCUT2D eigenvalue weighted by Crippen LogP contribution is -2.22. The van der Waals surface area contributed by atoms with E-state index >= 15 is 0 Å². The van der Waals surface area contributed by atoms with Crippen LogP contribution in [0.5, 0.6) is 0 Å². The van der Waals surface area contributed by atoms with Crippen LogP contribution in [-0.2, 0) is 63.4 Å². The fourth-order valence-corrected chi connectivity index (χ4v) is 15.3. The van der Waals surface area contributed by atoms with E-state index in [1.807, 2.05) is 151 Å². The molecule has 43 heteroatoms. The van der Waals surface area contributed by atoms with Crippen LogP contribution in [0.2, 0.25) is 5.02 Å². The van der Waals surface area contributed by atoms with Gasteiger partial charge in [-0.25, -0.2) is 44.9 Å². The van der Waals surface area contributed by atoms with Crippen molar-refractivity contribution in [1.29, 1.82) is 5.41 Å². The topological polar surface area (TPSA) is 432 Å². The molecule has 0 radical (unpaired) electrons. The van der Waals surface area contributed by atoms with E-state index in [-0.39, 0.29) is 55.7 Å². The summed E-state index contributed by atoms with van der Waals surface area (Å²) in [5.74, 6) is 1.23. The molecule has 38 nitrogen and oxygen atoms in total. The van der Waals surface area contributed by atoms with Crippen LogP contribution in [0.4, 0.5) is 58.7 Å². The van der Waals surface area contributed by atoms with Gasteiger partial charge < -0.3 is 93.0 Å². The summed E-state index contributed by atoms with van der Waals surface area (Å²) < 4.78 is 50.1. The molecule has 2 aliphatic carbocycles. The van der Waals surface area contributed by atoms with Crippen molar-refractivity contribution in [3.63, 3.8) is 0 Å². The van der Waals surface area contributed by atoms with E-state index in [1.54, 1.807) is 143 Å². The van der Waals surface area contributed by atoms with Crippen molar-refractivity contribution in [2.24, 2.45) is 69.3 Å². The van der Waals surface area contributed by atoms with Gasteiger partial charge in [0, 0.05) is 182 Å². The lowest BCUT2D eigenvalue weighted by atomic mass is 10.1. The number of amidine groups is 1. The summed E-state index contributed by atoms with van der Waals surface area (Å²) in [5, 5.41) is 35.4. The van der Waals surface area contributed by atoms with Gasteiger partial charge in [-0.15, -0.1) is 0 Å². The lowest BCUT2D eigenvalue weighted by molar-refractivity contribution is -0.115. The summed E-state index contributed by atoms with van der Waals surface area (Å²) in [6.45, 7) is 4.77. The molecule has 2 aliphatic rings. The number of aryl methyl sites for hydroxylation is 9. The fraction of sp³-hybridized carbons (Fsp3) is 0.298. The van der Waals surface area contributed by atoms with Crippen LogP contribution in [0.1, 0.15) is 44.6 Å². The first-order chi connectivity index (χ1) is 70.0. The van der Waals surface area contributed by atoms with Crippen molar-refractivity contribution in [3.8, 4) is 0 Å². The number of halogens is 5. The van der Waals surface area contributed by atoms with E-state index in [1.165, 1.54) is 110 Å². The minimum Gasteiger partial charge on any atom is -0.387 e. The second-order valence-electron chi connectivity index (χ2n) is 35.7. The van der Waals surface area contributed by atoms with Gasteiger partial charge in [0.1, 0.15) is 12.4 Å². The standard InChI is InChI=1S/C13H18N4O.C13H15N3O.C12H14N4O.C12H13N3O.C12H15N3O.C11H10F3N3O.C11H13N3O.C10H10BrN3O.C10H10ClN3O/c1-16(2)7-6-14-10-4-5-11-12(8-10)15-9-17(3)13(11)18;1-16-8-15-12-6-10(14-7-9-2-3-9)4-5-11(12)13(16)17;1-15(2)11(13)8-4-5-9-10(6-8)14-7-16(3)12(9)17;1-15-7-13-11-6-9(14-8-2-3-8)4-5-10(11)12(15)16;1-3-6-13-9-4-5-10-11(7-9)14-8-15(2)12(10)16;1-17-6-16-9-4-7(15-5-11(12,13)14)2-3-8(9)10(17)18;1-13(2)8-4-5-9-10(6-8)12-7-14(3)11(9)15;2*1-12-9-4-8-6(3-7(9)11)10(15)14(2)5-13-8/h4-5,8-9,14H,6-7H2,1-3H3;4-6,8-9,14H,2-3,7H2,1H3;4-7,13H,1-3H3;4-8,14H,2-3H2,1H3;4-5,7-8,13H,3,6H2,1-2H3;2-4,6,15H,5H2,1H3;4-7H,1-3H3;2*3-5,12H,1-2H3. The Morgan fingerprint density at radius 2 is 0.687 bits per heavy atom. The molecule has 768 valence electrons. The van der Waals surface area contributed by atoms with Gasteiger partial charge in [0.15, 0.2) is 0 Å². The molecule has 0 bridgehead atoms. The van der Waals surface area contributed by atoms with Crippen molar-refractivity contribution >= 4 is 177 Å². The van der Waals surface area contributed by atoms with Crippen molar-refractivity contribution in [2.75, 3.05) is 131 Å². The number of nitrogens with one attached hydrogen (secondary N) is 8. The maximum atomic E-state index is 12.0. The third kappa shape index (κ3) is 28.8. The SMILES string of the molecule is CCCNc1ccc2c(=O)n(C)cnc2c1.CN(C)C(=N)c1ccc2c(=O)n(C)cnc2c1.CN(C)CCNc1ccc2c(=O)n(C)cnc2c1.CN(C)c1ccc2c(=O)n(C)cnc2c1.CNc1cc2ncn(C)c(=O)c2cc1Br.CNc1cc2ncn(C)c(=O)c2cc1Cl.Cn1cnc2cc(NC3CC3)ccc2c1=O.Cn1cnc2cc(NCC(F)(F)F)ccc2c1=O.Cn1cnc2cc(NCC3CC3)ccc2c1=O. The van der Waals surface area contributed by atoms with Gasteiger partial charge in [0.2, 0.25) is 0 Å². The van der Waals surface area contributed by atoms with Gasteiger partial charge in [0.05, 0.1) is 171 Å². The molecule has 0 aliphatic heterocycles. The maximum absolute atomic E-state index is 12.0. The Morgan fingerprint density at radius 1 is 0.381 bits per heavy atom. The number of rotatable bonds is 18. The second kappa shape index (κ2) is 49.3. The van der Waals surface area contributed by atoms with Crippen LogP contribution >= 0.6 is 27.5 Å². The minimum atomic E-state index is -4.28. The molecule has 9 aromatic heterocycles. The smallest absolute Gasteiger partial charge is 0.387 e. The quantitative estimate of drug-likeness (QED) is 0.0292. The molecular formula is C104H118BrClF3N29O9. The van der Waals surface area contributed by atoms with E-state index < -0.39 is 12.7 Å². The molecule has 20 rings (SSSR count). The molecule has 147 heavy (non-hydrogen) atoms. The molecular weight excluding hydrogens is 1970 g/mol. The first-order valence-corrected chi connectivity index (χ1v) is 47.9. The van der Waals surface area contributed by atoms with Crippen LogP contribution < -0.4 is 92.2 Å². The first-order valence-electron chi connectivity index (χ1n) is 46.7. The Labute approximate surface area is 855 Å². The van der Waals surface area contributed by atoms with Crippen LogP contribution in [-0.4, -0.2) is 203 Å². The van der Waals surface area contributed by atoms with Crippen molar-refractivity contribution in [3.05, 3.63) is 317 Å².